The molecule has 7 heteroatoms. The summed E-state index contributed by atoms with van der Waals surface area (Å²) in [4.78, 5) is 18.6. The summed E-state index contributed by atoms with van der Waals surface area (Å²) in [5.41, 5.74) is 3.51. The molecule has 3 heterocycles. The summed E-state index contributed by atoms with van der Waals surface area (Å²) in [6.07, 6.45) is 7.01. The van der Waals surface area contributed by atoms with Crippen molar-refractivity contribution in [2.75, 3.05) is 13.2 Å². The summed E-state index contributed by atoms with van der Waals surface area (Å²) in [6, 6.07) is 7.38. The zero-order chi connectivity index (χ0) is 18.8. The molecule has 138 valence electrons. The van der Waals surface area contributed by atoms with E-state index < -0.39 is 0 Å². The van der Waals surface area contributed by atoms with Gasteiger partial charge < -0.3 is 14.7 Å². The van der Waals surface area contributed by atoms with Gasteiger partial charge >= 0.3 is 0 Å². The Morgan fingerprint density at radius 1 is 1.30 bits per heavy atom. The fraction of sp³-hybridized carbons (Fsp3) is 0.250. The Morgan fingerprint density at radius 2 is 2.19 bits per heavy atom. The molecule has 0 atom stereocenters. The van der Waals surface area contributed by atoms with Crippen LogP contribution >= 0.6 is 0 Å². The number of rotatable bonds is 3. The van der Waals surface area contributed by atoms with Crippen molar-refractivity contribution in [1.29, 1.82) is 0 Å². The number of pyridine rings is 1. The molecule has 1 aromatic carbocycles. The second kappa shape index (κ2) is 7.11. The lowest BCUT2D eigenvalue weighted by molar-refractivity contribution is -0.132. The normalized spacial score (nSPS) is 13.6. The number of phenols is 1. The molecule has 1 amide bonds. The Labute approximate surface area is 156 Å². The third-order valence-corrected chi connectivity index (χ3v) is 4.52. The van der Waals surface area contributed by atoms with Crippen LogP contribution in [-0.2, 0) is 17.9 Å². The molecule has 27 heavy (non-hydrogen) atoms. The van der Waals surface area contributed by atoms with Crippen molar-refractivity contribution in [1.82, 2.24) is 19.7 Å². The highest BCUT2D eigenvalue weighted by molar-refractivity contribution is 5.76. The molecule has 1 N–H and O–H groups in total. The van der Waals surface area contributed by atoms with Gasteiger partial charge in [0.25, 0.3) is 0 Å². The van der Waals surface area contributed by atoms with E-state index in [-0.39, 0.29) is 18.2 Å². The summed E-state index contributed by atoms with van der Waals surface area (Å²) in [5.74, 6) is 0.469. The Hall–Kier alpha value is -3.35. The number of benzene rings is 1. The molecule has 1 aliphatic rings. The van der Waals surface area contributed by atoms with Crippen molar-refractivity contribution in [3.8, 4) is 22.6 Å². The van der Waals surface area contributed by atoms with Crippen molar-refractivity contribution in [2.45, 2.75) is 20.0 Å². The predicted octanol–water partition coefficient (Wildman–Crippen LogP) is 2.38. The van der Waals surface area contributed by atoms with Crippen LogP contribution in [0, 0.1) is 6.92 Å². The Balaban J connectivity index is 1.60. The summed E-state index contributed by atoms with van der Waals surface area (Å²) in [5, 5.41) is 14.6. The van der Waals surface area contributed by atoms with Gasteiger partial charge in [0.1, 0.15) is 13.2 Å². The van der Waals surface area contributed by atoms with Crippen LogP contribution in [0.5, 0.6) is 11.5 Å². The van der Waals surface area contributed by atoms with Crippen LogP contribution in [-0.4, -0.2) is 43.8 Å². The third-order valence-electron chi connectivity index (χ3n) is 4.52. The van der Waals surface area contributed by atoms with Crippen LogP contribution in [0.1, 0.15) is 11.1 Å². The second-order valence-electron chi connectivity index (χ2n) is 6.60. The maximum atomic E-state index is 12.7. The van der Waals surface area contributed by atoms with Crippen LogP contribution < -0.4 is 4.74 Å². The first-order chi connectivity index (χ1) is 13.1. The Morgan fingerprint density at radius 3 is 2.93 bits per heavy atom. The highest BCUT2D eigenvalue weighted by atomic mass is 16.5. The van der Waals surface area contributed by atoms with Gasteiger partial charge in [0.05, 0.1) is 12.7 Å². The molecular formula is C20H20N4O3. The van der Waals surface area contributed by atoms with Crippen molar-refractivity contribution in [3.63, 3.8) is 0 Å². The van der Waals surface area contributed by atoms with Gasteiger partial charge in [0.2, 0.25) is 5.91 Å². The summed E-state index contributed by atoms with van der Waals surface area (Å²) >= 11 is 0. The first-order valence-corrected chi connectivity index (χ1v) is 8.76. The average Bonchev–Trinajstić information content (AvgIpc) is 2.95. The van der Waals surface area contributed by atoms with Gasteiger partial charge in [0, 0.05) is 36.3 Å². The van der Waals surface area contributed by atoms with Crippen molar-refractivity contribution in [2.24, 2.45) is 0 Å². The first kappa shape index (κ1) is 17.1. The van der Waals surface area contributed by atoms with Gasteiger partial charge in [-0.05, 0) is 36.2 Å². The predicted molar refractivity (Wildman–Crippen MR) is 99.2 cm³/mol. The minimum atomic E-state index is -0.0409. The summed E-state index contributed by atoms with van der Waals surface area (Å²) in [6.45, 7) is 3.27. The van der Waals surface area contributed by atoms with E-state index in [2.05, 4.69) is 10.1 Å². The highest BCUT2D eigenvalue weighted by Gasteiger charge is 2.23. The summed E-state index contributed by atoms with van der Waals surface area (Å²) in [7, 11) is 0. The number of aromatic hydroxyl groups is 1. The number of aryl methyl sites for hydroxylation is 1. The van der Waals surface area contributed by atoms with Crippen molar-refractivity contribution in [3.05, 3.63) is 60.2 Å². The molecule has 7 nitrogen and oxygen atoms in total. The molecule has 0 bridgehead atoms. The lowest BCUT2D eigenvalue weighted by Crippen LogP contribution is -2.35. The smallest absolute Gasteiger partial charge is 0.244 e. The lowest BCUT2D eigenvalue weighted by atomic mass is 10.0. The van der Waals surface area contributed by atoms with Gasteiger partial charge in [-0.15, -0.1) is 0 Å². The molecule has 4 rings (SSSR count). The number of hydrogen-bond donors (Lipinski definition) is 1. The molecule has 1 aliphatic heterocycles. The van der Waals surface area contributed by atoms with E-state index in [1.165, 1.54) is 0 Å². The van der Waals surface area contributed by atoms with E-state index in [4.69, 9.17) is 4.74 Å². The number of carbonyl (C=O) groups is 1. The zero-order valence-electron chi connectivity index (χ0n) is 15.0. The number of aromatic nitrogens is 3. The summed E-state index contributed by atoms with van der Waals surface area (Å²) < 4.78 is 7.36. The van der Waals surface area contributed by atoms with Gasteiger partial charge in [-0.2, -0.15) is 5.10 Å². The SMILES string of the molecule is Cc1cnn(CC(=O)N2CCOc3c(O)cc(-c4cccnc4)cc3C2)c1. The van der Waals surface area contributed by atoms with Crippen LogP contribution in [0.15, 0.2) is 49.1 Å². The molecular weight excluding hydrogens is 344 g/mol. The number of carbonyl (C=O) groups excluding carboxylic acids is 1. The van der Waals surface area contributed by atoms with E-state index in [1.54, 1.807) is 34.2 Å². The third kappa shape index (κ3) is 3.62. The topological polar surface area (TPSA) is 80.5 Å². The molecule has 0 aliphatic carbocycles. The van der Waals surface area contributed by atoms with Crippen LogP contribution in [0.3, 0.4) is 0 Å². The van der Waals surface area contributed by atoms with E-state index in [9.17, 15) is 9.90 Å². The second-order valence-corrected chi connectivity index (χ2v) is 6.60. The standard InChI is InChI=1S/C20H20N4O3/c1-14-9-22-24(11-14)13-19(26)23-5-6-27-20-17(12-23)7-16(8-18(20)25)15-3-2-4-21-10-15/h2-4,7-11,25H,5-6,12-13H2,1H3. The Bertz CT molecular complexity index is 969. The number of hydrogen-bond acceptors (Lipinski definition) is 5. The minimum Gasteiger partial charge on any atom is -0.504 e. The quantitative estimate of drug-likeness (QED) is 0.772. The molecule has 0 saturated heterocycles. The molecule has 0 fully saturated rings. The van der Waals surface area contributed by atoms with Crippen molar-refractivity contribution >= 4 is 5.91 Å². The first-order valence-electron chi connectivity index (χ1n) is 8.76. The van der Waals surface area contributed by atoms with Crippen LogP contribution in [0.25, 0.3) is 11.1 Å². The Kier molecular flexibility index (Phi) is 4.50. The maximum absolute atomic E-state index is 12.7. The minimum absolute atomic E-state index is 0.0409. The molecule has 3 aromatic rings. The zero-order valence-corrected chi connectivity index (χ0v) is 15.0. The van der Waals surface area contributed by atoms with Crippen LogP contribution in [0.2, 0.25) is 0 Å². The van der Waals surface area contributed by atoms with Gasteiger partial charge in [0.15, 0.2) is 11.5 Å². The molecule has 0 radical (unpaired) electrons. The lowest BCUT2D eigenvalue weighted by Gasteiger charge is -2.20. The molecule has 0 unspecified atom stereocenters. The molecule has 0 saturated carbocycles. The number of fused-ring (bicyclic) bond motifs is 1. The van der Waals surface area contributed by atoms with Gasteiger partial charge in [-0.1, -0.05) is 6.07 Å². The number of ether oxygens (including phenoxy) is 1. The van der Waals surface area contributed by atoms with E-state index >= 15 is 0 Å². The van der Waals surface area contributed by atoms with Gasteiger partial charge in [-0.3, -0.25) is 14.5 Å². The van der Waals surface area contributed by atoms with E-state index in [0.29, 0.717) is 25.4 Å². The van der Waals surface area contributed by atoms with Gasteiger partial charge in [-0.25, -0.2) is 0 Å². The number of amides is 1. The van der Waals surface area contributed by atoms with E-state index in [0.717, 1.165) is 22.3 Å². The molecule has 2 aromatic heterocycles. The monoisotopic (exact) mass is 364 g/mol. The van der Waals surface area contributed by atoms with Crippen molar-refractivity contribution < 1.29 is 14.6 Å². The molecule has 0 spiro atoms. The number of phenolic OH excluding ortho intramolecular Hbond substituents is 1. The van der Waals surface area contributed by atoms with Crippen LogP contribution in [0.4, 0.5) is 0 Å². The number of nitrogens with zero attached hydrogens (tertiary/aromatic N) is 4. The highest BCUT2D eigenvalue weighted by Crippen LogP contribution is 2.37. The average molecular weight is 364 g/mol. The van der Waals surface area contributed by atoms with E-state index in [1.807, 2.05) is 31.3 Å². The fourth-order valence-electron chi connectivity index (χ4n) is 3.20. The largest absolute Gasteiger partial charge is 0.504 e. The maximum Gasteiger partial charge on any atom is 0.244 e. The fourth-order valence-corrected chi connectivity index (χ4v) is 3.20.